The van der Waals surface area contributed by atoms with Gasteiger partial charge in [0, 0.05) is 12.1 Å². The van der Waals surface area contributed by atoms with Gasteiger partial charge >= 0.3 is 12.2 Å². The zero-order valence-corrected chi connectivity index (χ0v) is 15.0. The highest BCUT2D eigenvalue weighted by Crippen LogP contribution is 2.29. The Morgan fingerprint density at radius 3 is 2.08 bits per heavy atom. The van der Waals surface area contributed by atoms with Gasteiger partial charge in [-0.25, -0.2) is 4.79 Å². The molecule has 0 unspecified atom stereocenters. The number of alkyl halides is 3. The van der Waals surface area contributed by atoms with Gasteiger partial charge in [-0.05, 0) is 52.4 Å². The molecule has 0 aliphatic heterocycles. The summed E-state index contributed by atoms with van der Waals surface area (Å²) in [6.07, 6.45) is -4.38. The molecule has 1 atom stereocenters. The first-order chi connectivity index (χ1) is 11.3. The number of nitrogens with zero attached hydrogens (tertiary/aromatic N) is 1. The standard InChI is InChI=1S/C17H24F3N3O2/c1-11(14(24)21-15(25)22-16(2,3)4)23(5)10-12-6-8-13(9-7-12)17(18,19)20/h6-9,11H,10H2,1-5H3,(H2,21,22,24,25)/t11-/m1/s1. The van der Waals surface area contributed by atoms with Gasteiger partial charge in [-0.3, -0.25) is 15.0 Å². The van der Waals surface area contributed by atoms with Crippen molar-refractivity contribution >= 4 is 11.9 Å². The monoisotopic (exact) mass is 359 g/mol. The number of likely N-dealkylation sites (N-methyl/N-ethyl adjacent to an activating group) is 1. The minimum atomic E-state index is -4.38. The molecule has 3 amide bonds. The Labute approximate surface area is 145 Å². The number of amides is 3. The molecule has 0 aliphatic carbocycles. The number of hydrogen-bond acceptors (Lipinski definition) is 3. The lowest BCUT2D eigenvalue weighted by atomic mass is 10.1. The van der Waals surface area contributed by atoms with Crippen LogP contribution in [0.3, 0.4) is 0 Å². The first kappa shape index (κ1) is 21.0. The molecule has 2 N–H and O–H groups in total. The van der Waals surface area contributed by atoms with E-state index in [2.05, 4.69) is 10.6 Å². The van der Waals surface area contributed by atoms with Crippen LogP contribution in [0.15, 0.2) is 24.3 Å². The minimum Gasteiger partial charge on any atom is -0.333 e. The molecule has 0 fully saturated rings. The van der Waals surface area contributed by atoms with Crippen LogP contribution < -0.4 is 10.6 Å². The van der Waals surface area contributed by atoms with Gasteiger partial charge in [0.2, 0.25) is 5.91 Å². The average Bonchev–Trinajstić information content (AvgIpc) is 2.43. The minimum absolute atomic E-state index is 0.271. The van der Waals surface area contributed by atoms with Gasteiger partial charge < -0.3 is 5.32 Å². The fraction of sp³-hybridized carbons (Fsp3) is 0.529. The van der Waals surface area contributed by atoms with Crippen LogP contribution in [0, 0.1) is 0 Å². The molecular weight excluding hydrogens is 335 g/mol. The molecule has 0 aromatic heterocycles. The van der Waals surface area contributed by atoms with Crippen LogP contribution in [0.5, 0.6) is 0 Å². The third-order valence-electron chi connectivity index (χ3n) is 3.48. The molecule has 1 rings (SSSR count). The lowest BCUT2D eigenvalue weighted by Crippen LogP contribution is -2.52. The predicted molar refractivity (Wildman–Crippen MR) is 88.8 cm³/mol. The summed E-state index contributed by atoms with van der Waals surface area (Å²) in [7, 11) is 1.66. The van der Waals surface area contributed by atoms with Crippen LogP contribution in [0.2, 0.25) is 0 Å². The molecule has 0 spiro atoms. The summed E-state index contributed by atoms with van der Waals surface area (Å²) in [5.41, 5.74) is -0.558. The molecule has 1 aromatic rings. The Bertz CT molecular complexity index is 607. The highest BCUT2D eigenvalue weighted by Gasteiger charge is 2.30. The topological polar surface area (TPSA) is 61.4 Å². The Morgan fingerprint density at radius 2 is 1.64 bits per heavy atom. The molecule has 0 heterocycles. The Hall–Kier alpha value is -2.09. The van der Waals surface area contributed by atoms with E-state index >= 15 is 0 Å². The maximum Gasteiger partial charge on any atom is 0.416 e. The summed E-state index contributed by atoms with van der Waals surface area (Å²) in [5, 5.41) is 4.87. The summed E-state index contributed by atoms with van der Waals surface area (Å²) in [6, 6.07) is 3.53. The molecule has 0 radical (unpaired) electrons. The van der Waals surface area contributed by atoms with Crippen molar-refractivity contribution in [1.29, 1.82) is 0 Å². The second-order valence-electron chi connectivity index (χ2n) is 6.98. The average molecular weight is 359 g/mol. The fourth-order valence-electron chi connectivity index (χ4n) is 2.01. The molecule has 5 nitrogen and oxygen atoms in total. The maximum atomic E-state index is 12.6. The van der Waals surface area contributed by atoms with E-state index in [-0.39, 0.29) is 6.54 Å². The molecule has 0 saturated heterocycles. The first-order valence-corrected chi connectivity index (χ1v) is 7.79. The first-order valence-electron chi connectivity index (χ1n) is 7.79. The second-order valence-corrected chi connectivity index (χ2v) is 6.98. The van der Waals surface area contributed by atoms with Crippen LogP contribution in [0.4, 0.5) is 18.0 Å². The number of halogens is 3. The lowest BCUT2D eigenvalue weighted by molar-refractivity contribution is -0.137. The Morgan fingerprint density at radius 1 is 1.12 bits per heavy atom. The van der Waals surface area contributed by atoms with Crippen molar-refractivity contribution in [3.05, 3.63) is 35.4 Å². The van der Waals surface area contributed by atoms with Crippen molar-refractivity contribution in [1.82, 2.24) is 15.5 Å². The molecular formula is C17H24F3N3O2. The van der Waals surface area contributed by atoms with E-state index < -0.39 is 35.3 Å². The summed E-state index contributed by atoms with van der Waals surface area (Å²) in [6.45, 7) is 7.25. The molecule has 140 valence electrons. The second kappa shape index (κ2) is 7.86. The smallest absolute Gasteiger partial charge is 0.333 e. The summed E-state index contributed by atoms with van der Waals surface area (Å²) >= 11 is 0. The van der Waals surface area contributed by atoms with Crippen molar-refractivity contribution in [3.63, 3.8) is 0 Å². The molecule has 8 heteroatoms. The third kappa shape index (κ3) is 7.13. The summed E-state index contributed by atoms with van der Waals surface area (Å²) in [5.74, 6) is -0.490. The highest BCUT2D eigenvalue weighted by molar-refractivity contribution is 5.97. The highest BCUT2D eigenvalue weighted by atomic mass is 19.4. The molecule has 0 aliphatic rings. The molecule has 1 aromatic carbocycles. The van der Waals surface area contributed by atoms with Gasteiger partial charge in [-0.2, -0.15) is 13.2 Å². The van der Waals surface area contributed by atoms with Crippen LogP contribution in [-0.2, 0) is 17.5 Å². The van der Waals surface area contributed by atoms with Crippen LogP contribution in [0.25, 0.3) is 0 Å². The number of rotatable bonds is 4. The number of nitrogens with one attached hydrogen (secondary N) is 2. The van der Waals surface area contributed by atoms with Gasteiger partial charge in [0.1, 0.15) is 0 Å². The zero-order valence-electron chi connectivity index (χ0n) is 15.0. The predicted octanol–water partition coefficient (Wildman–Crippen LogP) is 3.15. The number of carbonyl (C=O) groups is 2. The molecule has 0 bridgehead atoms. The Kier molecular flexibility index (Phi) is 6.59. The molecule has 0 saturated carbocycles. The van der Waals surface area contributed by atoms with Crippen molar-refractivity contribution in [2.75, 3.05) is 7.05 Å². The van der Waals surface area contributed by atoms with Crippen LogP contribution in [-0.4, -0.2) is 35.5 Å². The number of hydrogen-bond donors (Lipinski definition) is 2. The van der Waals surface area contributed by atoms with E-state index in [4.69, 9.17) is 0 Å². The van der Waals surface area contributed by atoms with Crippen molar-refractivity contribution in [2.45, 2.75) is 52.0 Å². The SMILES string of the molecule is C[C@H](C(=O)NC(=O)NC(C)(C)C)N(C)Cc1ccc(C(F)(F)F)cc1. The largest absolute Gasteiger partial charge is 0.416 e. The van der Waals surface area contributed by atoms with Crippen LogP contribution in [0.1, 0.15) is 38.8 Å². The van der Waals surface area contributed by atoms with Crippen molar-refractivity contribution in [2.24, 2.45) is 0 Å². The maximum absolute atomic E-state index is 12.6. The van der Waals surface area contributed by atoms with Gasteiger partial charge in [-0.1, -0.05) is 12.1 Å². The van der Waals surface area contributed by atoms with Crippen LogP contribution >= 0.6 is 0 Å². The summed E-state index contributed by atoms with van der Waals surface area (Å²) in [4.78, 5) is 25.5. The zero-order chi connectivity index (χ0) is 19.4. The van der Waals surface area contributed by atoms with E-state index in [1.807, 2.05) is 0 Å². The number of imide groups is 1. The third-order valence-corrected chi connectivity index (χ3v) is 3.48. The van der Waals surface area contributed by atoms with Crippen molar-refractivity contribution in [3.8, 4) is 0 Å². The quantitative estimate of drug-likeness (QED) is 0.868. The normalized spacial score (nSPS) is 13.5. The van der Waals surface area contributed by atoms with Gasteiger partial charge in [0.15, 0.2) is 0 Å². The van der Waals surface area contributed by atoms with E-state index in [0.717, 1.165) is 12.1 Å². The van der Waals surface area contributed by atoms with E-state index in [0.29, 0.717) is 5.56 Å². The lowest BCUT2D eigenvalue weighted by Gasteiger charge is -2.25. The fourth-order valence-corrected chi connectivity index (χ4v) is 2.01. The van der Waals surface area contributed by atoms with Crippen molar-refractivity contribution < 1.29 is 22.8 Å². The van der Waals surface area contributed by atoms with E-state index in [1.54, 1.807) is 39.6 Å². The van der Waals surface area contributed by atoms with Gasteiger partial charge in [-0.15, -0.1) is 0 Å². The van der Waals surface area contributed by atoms with E-state index in [9.17, 15) is 22.8 Å². The van der Waals surface area contributed by atoms with Gasteiger partial charge in [0.25, 0.3) is 0 Å². The van der Waals surface area contributed by atoms with Gasteiger partial charge in [0.05, 0.1) is 11.6 Å². The summed E-state index contributed by atoms with van der Waals surface area (Å²) < 4.78 is 37.7. The number of carbonyl (C=O) groups excluding carboxylic acids is 2. The number of urea groups is 1. The van der Waals surface area contributed by atoms with E-state index in [1.165, 1.54) is 12.1 Å². The molecule has 25 heavy (non-hydrogen) atoms. The Balaban J connectivity index is 2.62. The number of benzene rings is 1.